The molecule has 0 bridgehead atoms. The van der Waals surface area contributed by atoms with Gasteiger partial charge in [0, 0.05) is 60.8 Å². The first kappa shape index (κ1) is 42.6. The molecule has 58 heavy (non-hydrogen) atoms. The number of amides is 4. The van der Waals surface area contributed by atoms with Crippen molar-refractivity contribution in [2.24, 2.45) is 17.8 Å². The van der Waals surface area contributed by atoms with Crippen molar-refractivity contribution in [1.82, 2.24) is 20.1 Å². The number of likely N-dealkylation sites (tertiary alicyclic amines) is 1. The Morgan fingerprint density at radius 1 is 0.931 bits per heavy atom. The van der Waals surface area contributed by atoms with Crippen LogP contribution in [-0.4, -0.2) is 95.9 Å². The number of nitrogens with one attached hydrogen (secondary N) is 2. The zero-order chi connectivity index (χ0) is 42.1. The quantitative estimate of drug-likeness (QED) is 0.0792. The van der Waals surface area contributed by atoms with Crippen LogP contribution < -0.4 is 5.32 Å². The molecule has 3 aromatic carbocycles. The Hall–Kier alpha value is -5.04. The normalized spacial score (nSPS) is 20.4. The Morgan fingerprint density at radius 2 is 1.57 bits per heavy atom. The summed E-state index contributed by atoms with van der Waals surface area (Å²) in [6, 6.07) is 15.7. The number of ether oxygens (including phenoxy) is 2. The van der Waals surface area contributed by atoms with Gasteiger partial charge in [-0.2, -0.15) is 0 Å². The molecule has 14 nitrogen and oxygen atoms in total. The molecule has 0 aliphatic carbocycles. The number of benzene rings is 3. The summed E-state index contributed by atoms with van der Waals surface area (Å²) >= 11 is 0. The number of carbonyl (C=O) groups is 5. The van der Waals surface area contributed by atoms with Crippen molar-refractivity contribution < 1.29 is 47.1 Å². The number of fused-ring (bicyclic) bond motifs is 1. The third-order valence-corrected chi connectivity index (χ3v) is 13.4. The maximum atomic E-state index is 14.9. The van der Waals surface area contributed by atoms with E-state index in [0.29, 0.717) is 22.9 Å². The Kier molecular flexibility index (Phi) is 12.5. The fourth-order valence-electron chi connectivity index (χ4n) is 8.62. The number of hydrogen-bond acceptors (Lipinski definition) is 10. The van der Waals surface area contributed by atoms with Crippen molar-refractivity contribution in [3.05, 3.63) is 83.6 Å². The number of hydrogen-bond donors (Lipinski definition) is 2. The lowest BCUT2D eigenvalue weighted by atomic mass is 9.75. The zero-order valence-electron chi connectivity index (χ0n) is 34.3. The van der Waals surface area contributed by atoms with Gasteiger partial charge < -0.3 is 28.8 Å². The van der Waals surface area contributed by atoms with E-state index in [0.717, 1.165) is 26.8 Å². The predicted octanol–water partition coefficient (Wildman–Crippen LogP) is 7.31. The van der Waals surface area contributed by atoms with Gasteiger partial charge in [-0.25, -0.2) is 9.59 Å². The molecule has 0 saturated carbocycles. The number of carbonyl (C=O) groups excluding carboxylic acids is 5. The molecule has 0 radical (unpaired) electrons. The van der Waals surface area contributed by atoms with Gasteiger partial charge in [0.25, 0.3) is 11.8 Å². The molecule has 4 amide bonds. The van der Waals surface area contributed by atoms with Gasteiger partial charge in [0.05, 0.1) is 7.11 Å². The highest BCUT2D eigenvalue weighted by atomic mass is 31.2. The summed E-state index contributed by atoms with van der Waals surface area (Å²) in [5.74, 6) is -4.77. The molecule has 310 valence electrons. The van der Waals surface area contributed by atoms with Crippen LogP contribution in [0.5, 0.6) is 0 Å². The van der Waals surface area contributed by atoms with Gasteiger partial charge in [0.2, 0.25) is 5.91 Å². The Bertz CT molecular complexity index is 2210. The number of aromatic nitrogens is 1. The molecule has 6 rings (SSSR count). The highest BCUT2D eigenvalue weighted by molar-refractivity contribution is 7.54. The number of para-hydroxylation sites is 1. The van der Waals surface area contributed by atoms with Crippen molar-refractivity contribution >= 4 is 59.1 Å². The number of aromatic amines is 1. The lowest BCUT2D eigenvalue weighted by Crippen LogP contribution is -2.63. The minimum Gasteiger partial charge on any atom is -0.467 e. The van der Waals surface area contributed by atoms with Gasteiger partial charge >= 0.3 is 19.7 Å². The van der Waals surface area contributed by atoms with Crippen LogP contribution in [0.1, 0.15) is 80.2 Å². The van der Waals surface area contributed by atoms with Gasteiger partial charge in [0.1, 0.15) is 23.5 Å². The standard InChI is InChI=1S/C43H53N4O10P/c1-25(2)21-27-23-35(37(48)45-34(41(51)54-6)22-28-24-44-33-18-10-9-15-29(28)33)47(42(52)57-43(3,4)5)40(58(53,55-7)56-8)30(27)19-20-46-38(49)31-16-11-13-26-14-12-17-32(36(26)31)39(46)50/h9-18,24-25,27,30,34-35,40,44H,19-23H2,1-8H3,(H,45,48)/t27-,30+,34+,35-,40-/m1/s1. The van der Waals surface area contributed by atoms with Crippen LogP contribution in [0.3, 0.4) is 0 Å². The van der Waals surface area contributed by atoms with E-state index in [2.05, 4.69) is 10.3 Å². The number of piperidine rings is 1. The first-order valence-corrected chi connectivity index (χ1v) is 21.2. The molecule has 15 heteroatoms. The highest BCUT2D eigenvalue weighted by Crippen LogP contribution is 2.60. The smallest absolute Gasteiger partial charge is 0.411 e. The van der Waals surface area contributed by atoms with E-state index in [9.17, 15) is 28.5 Å². The van der Waals surface area contributed by atoms with Crippen LogP contribution in [0, 0.1) is 17.8 Å². The van der Waals surface area contributed by atoms with E-state index in [1.54, 1.807) is 51.2 Å². The molecule has 2 N–H and O–H groups in total. The maximum absolute atomic E-state index is 14.9. The molecule has 1 aromatic heterocycles. The fraction of sp³-hybridized carbons (Fsp3) is 0.465. The monoisotopic (exact) mass is 816 g/mol. The molecule has 0 unspecified atom stereocenters. The van der Waals surface area contributed by atoms with Gasteiger partial charge in [-0.15, -0.1) is 0 Å². The first-order valence-electron chi connectivity index (χ1n) is 19.6. The minimum atomic E-state index is -4.31. The molecule has 2 aliphatic heterocycles. The van der Waals surface area contributed by atoms with E-state index < -0.39 is 72.7 Å². The van der Waals surface area contributed by atoms with Crippen molar-refractivity contribution in [2.45, 2.75) is 83.8 Å². The number of methoxy groups -OCH3 is 1. The summed E-state index contributed by atoms with van der Waals surface area (Å²) in [4.78, 5) is 76.1. The van der Waals surface area contributed by atoms with Gasteiger partial charge in [-0.1, -0.05) is 56.3 Å². The number of nitrogens with zero attached hydrogens (tertiary/aromatic N) is 2. The predicted molar refractivity (Wildman–Crippen MR) is 218 cm³/mol. The van der Waals surface area contributed by atoms with Gasteiger partial charge in [0.15, 0.2) is 0 Å². The molecule has 0 spiro atoms. The van der Waals surface area contributed by atoms with Crippen molar-refractivity contribution in [1.29, 1.82) is 0 Å². The second kappa shape index (κ2) is 17.1. The van der Waals surface area contributed by atoms with Crippen LogP contribution in [0.15, 0.2) is 66.9 Å². The van der Waals surface area contributed by atoms with E-state index in [-0.39, 0.29) is 31.7 Å². The highest BCUT2D eigenvalue weighted by Gasteiger charge is 2.57. The number of H-pyrrole nitrogens is 1. The van der Waals surface area contributed by atoms with E-state index in [1.165, 1.54) is 26.2 Å². The van der Waals surface area contributed by atoms with Crippen LogP contribution >= 0.6 is 7.60 Å². The van der Waals surface area contributed by atoms with Crippen molar-refractivity contribution in [2.75, 3.05) is 27.9 Å². The van der Waals surface area contributed by atoms with E-state index in [1.807, 2.05) is 50.2 Å². The Balaban J connectivity index is 1.40. The third-order valence-electron chi connectivity index (χ3n) is 11.1. The fourth-order valence-corrected chi connectivity index (χ4v) is 10.6. The molecule has 1 saturated heterocycles. The summed E-state index contributed by atoms with van der Waals surface area (Å²) in [5, 5.41) is 5.08. The molecular weight excluding hydrogens is 763 g/mol. The maximum Gasteiger partial charge on any atom is 0.411 e. The largest absolute Gasteiger partial charge is 0.467 e. The van der Waals surface area contributed by atoms with Crippen LogP contribution in [0.2, 0.25) is 0 Å². The lowest BCUT2D eigenvalue weighted by molar-refractivity contribution is -0.146. The summed E-state index contributed by atoms with van der Waals surface area (Å²) in [6.45, 7) is 8.95. The third kappa shape index (κ3) is 8.41. The lowest BCUT2D eigenvalue weighted by Gasteiger charge is -2.50. The molecule has 1 fully saturated rings. The zero-order valence-corrected chi connectivity index (χ0v) is 35.2. The van der Waals surface area contributed by atoms with E-state index >= 15 is 0 Å². The number of esters is 1. The van der Waals surface area contributed by atoms with Crippen molar-refractivity contribution in [3.8, 4) is 0 Å². The van der Waals surface area contributed by atoms with Crippen LogP contribution in [-0.2, 0) is 39.1 Å². The van der Waals surface area contributed by atoms with E-state index in [4.69, 9.17) is 18.5 Å². The van der Waals surface area contributed by atoms with Gasteiger partial charge in [-0.3, -0.25) is 28.7 Å². The molecular formula is C43H53N4O10P. The average molecular weight is 817 g/mol. The van der Waals surface area contributed by atoms with Crippen LogP contribution in [0.4, 0.5) is 4.79 Å². The Morgan fingerprint density at radius 3 is 2.16 bits per heavy atom. The minimum absolute atomic E-state index is 0.0711. The topological polar surface area (TPSA) is 174 Å². The van der Waals surface area contributed by atoms with Crippen molar-refractivity contribution in [3.63, 3.8) is 0 Å². The summed E-state index contributed by atoms with van der Waals surface area (Å²) in [5.41, 5.74) is 1.36. The second-order valence-electron chi connectivity index (χ2n) is 16.4. The Labute approximate surface area is 338 Å². The first-order chi connectivity index (χ1) is 27.5. The summed E-state index contributed by atoms with van der Waals surface area (Å²) < 4.78 is 37.3. The molecule has 3 heterocycles. The van der Waals surface area contributed by atoms with Gasteiger partial charge in [-0.05, 0) is 86.9 Å². The second-order valence-corrected chi connectivity index (χ2v) is 18.8. The molecule has 2 aliphatic rings. The number of imide groups is 1. The summed E-state index contributed by atoms with van der Waals surface area (Å²) in [6.07, 6.45) is 1.57. The summed E-state index contributed by atoms with van der Waals surface area (Å²) in [7, 11) is -0.662. The molecule has 5 atom stereocenters. The number of rotatable bonds is 13. The molecule has 4 aromatic rings. The van der Waals surface area contributed by atoms with Crippen LogP contribution in [0.25, 0.3) is 21.7 Å². The SMILES string of the molecule is COC(=O)[C@H](Cc1c[nH]c2ccccc12)NC(=O)[C@H]1C[C@@H](CC(C)C)[C@H](CCN2C(=O)c3cccc4cccc(c34)C2=O)[C@@H](P(=O)(OC)OC)N1C(=O)OC(C)(C)C. The average Bonchev–Trinajstić information content (AvgIpc) is 3.60.